The number of methoxy groups -OCH3 is 3. The number of anilines is 1. The molecular weight excluding hydrogens is 390 g/mol. The molecule has 0 saturated heterocycles. The van der Waals surface area contributed by atoms with Crippen LogP contribution in [0.5, 0.6) is 0 Å². The van der Waals surface area contributed by atoms with Gasteiger partial charge in [-0.2, -0.15) is 5.10 Å². The summed E-state index contributed by atoms with van der Waals surface area (Å²) in [6.45, 7) is 0. The first kappa shape index (κ1) is 20.6. The Morgan fingerprint density at radius 3 is 2.27 bits per heavy atom. The molecule has 1 aromatic heterocycles. The molecule has 0 bridgehead atoms. The van der Waals surface area contributed by atoms with Crippen LogP contribution in [0, 0.1) is 0 Å². The molecule has 9 nitrogen and oxygen atoms in total. The van der Waals surface area contributed by atoms with Gasteiger partial charge in [0.15, 0.2) is 0 Å². The van der Waals surface area contributed by atoms with Gasteiger partial charge in [-0.3, -0.25) is 0 Å². The Morgan fingerprint density at radius 1 is 0.900 bits per heavy atom. The molecule has 0 spiro atoms. The second-order valence-corrected chi connectivity index (χ2v) is 5.96. The number of hydrogen-bond donors (Lipinski definition) is 0. The fourth-order valence-corrected chi connectivity index (χ4v) is 2.92. The fraction of sp³-hybridized carbons (Fsp3) is 0.143. The van der Waals surface area contributed by atoms with Gasteiger partial charge in [0.2, 0.25) is 0 Å². The van der Waals surface area contributed by atoms with E-state index in [1.807, 2.05) is 0 Å². The van der Waals surface area contributed by atoms with E-state index >= 15 is 0 Å². The number of aromatic nitrogens is 2. The average molecular weight is 409 g/mol. The quantitative estimate of drug-likeness (QED) is 0.547. The van der Waals surface area contributed by atoms with Crippen molar-refractivity contribution in [1.29, 1.82) is 0 Å². The molecule has 30 heavy (non-hydrogen) atoms. The minimum atomic E-state index is -0.763. The van der Waals surface area contributed by atoms with Crippen LogP contribution in [0.15, 0.2) is 72.4 Å². The number of benzene rings is 1. The van der Waals surface area contributed by atoms with Crippen molar-refractivity contribution in [3.05, 3.63) is 77.9 Å². The van der Waals surface area contributed by atoms with Crippen LogP contribution in [-0.4, -0.2) is 49.0 Å². The monoisotopic (exact) mass is 409 g/mol. The lowest BCUT2D eigenvalue weighted by Crippen LogP contribution is -2.28. The maximum atomic E-state index is 12.7. The van der Waals surface area contributed by atoms with Gasteiger partial charge in [-0.15, -0.1) is 0 Å². The zero-order valence-corrected chi connectivity index (χ0v) is 16.6. The number of ether oxygens (including phenoxy) is 3. The topological polar surface area (TPSA) is 100.0 Å². The minimum absolute atomic E-state index is 0.00997. The van der Waals surface area contributed by atoms with Crippen LogP contribution in [-0.2, 0) is 23.8 Å². The van der Waals surface area contributed by atoms with Gasteiger partial charge in [0.05, 0.1) is 43.8 Å². The van der Waals surface area contributed by atoms with Crippen molar-refractivity contribution >= 4 is 23.6 Å². The Balaban J connectivity index is 2.31. The van der Waals surface area contributed by atoms with Gasteiger partial charge in [-0.1, -0.05) is 6.08 Å². The molecule has 0 radical (unpaired) electrons. The lowest BCUT2D eigenvalue weighted by atomic mass is 10.1. The summed E-state index contributed by atoms with van der Waals surface area (Å²) < 4.78 is 16.1. The third-order valence-corrected chi connectivity index (χ3v) is 4.30. The molecule has 0 atom stereocenters. The summed E-state index contributed by atoms with van der Waals surface area (Å²) in [5.41, 5.74) is 1.10. The van der Waals surface area contributed by atoms with E-state index in [-0.39, 0.29) is 16.8 Å². The van der Waals surface area contributed by atoms with Crippen molar-refractivity contribution in [3.63, 3.8) is 0 Å². The first-order chi connectivity index (χ1) is 14.5. The Morgan fingerprint density at radius 2 is 1.63 bits per heavy atom. The van der Waals surface area contributed by atoms with Gasteiger partial charge in [0, 0.05) is 18.6 Å². The number of esters is 3. The molecule has 9 heteroatoms. The molecule has 1 aliphatic heterocycles. The summed E-state index contributed by atoms with van der Waals surface area (Å²) in [7, 11) is 3.70. The minimum Gasteiger partial charge on any atom is -0.465 e. The Labute approximate surface area is 172 Å². The molecule has 154 valence electrons. The maximum Gasteiger partial charge on any atom is 0.355 e. The molecule has 2 heterocycles. The van der Waals surface area contributed by atoms with Crippen molar-refractivity contribution in [2.45, 2.75) is 0 Å². The lowest BCUT2D eigenvalue weighted by Gasteiger charge is -2.25. The highest BCUT2D eigenvalue weighted by Gasteiger charge is 2.29. The third kappa shape index (κ3) is 3.86. The summed E-state index contributed by atoms with van der Waals surface area (Å²) in [5, 5.41) is 4.23. The fourth-order valence-electron chi connectivity index (χ4n) is 2.92. The standard InChI is InChI=1S/C21H19N3O6/c1-28-19(25)14-8-9-16(24-12-6-10-22-24)17(13-14)23-11-5-4-7-15(20(26)29-2)18(23)21(27)30-3/h4-13H,1-3H3. The van der Waals surface area contributed by atoms with Gasteiger partial charge in [-0.05, 0) is 36.4 Å². The van der Waals surface area contributed by atoms with Crippen LogP contribution < -0.4 is 4.90 Å². The van der Waals surface area contributed by atoms with Crippen LogP contribution in [0.4, 0.5) is 5.69 Å². The Kier molecular flexibility index (Phi) is 6.11. The van der Waals surface area contributed by atoms with Crippen LogP contribution >= 0.6 is 0 Å². The third-order valence-electron chi connectivity index (χ3n) is 4.30. The summed E-state index contributed by atoms with van der Waals surface area (Å²) in [5.74, 6) is -2.04. The van der Waals surface area contributed by atoms with E-state index in [1.165, 1.54) is 38.4 Å². The van der Waals surface area contributed by atoms with Gasteiger partial charge < -0.3 is 19.1 Å². The van der Waals surface area contributed by atoms with E-state index in [1.54, 1.807) is 53.6 Å². The van der Waals surface area contributed by atoms with Crippen LogP contribution in [0.2, 0.25) is 0 Å². The first-order valence-corrected chi connectivity index (χ1v) is 8.79. The van der Waals surface area contributed by atoms with Crippen LogP contribution in [0.3, 0.4) is 0 Å². The van der Waals surface area contributed by atoms with E-state index in [4.69, 9.17) is 14.2 Å². The summed E-state index contributed by atoms with van der Waals surface area (Å²) in [6, 6.07) is 6.51. The number of rotatable bonds is 5. The number of nitrogens with zero attached hydrogens (tertiary/aromatic N) is 3. The first-order valence-electron chi connectivity index (χ1n) is 8.79. The van der Waals surface area contributed by atoms with E-state index in [2.05, 4.69) is 5.10 Å². The predicted octanol–water partition coefficient (Wildman–Crippen LogP) is 2.15. The highest BCUT2D eigenvalue weighted by atomic mass is 16.5. The molecule has 0 unspecified atom stereocenters. The predicted molar refractivity (Wildman–Crippen MR) is 107 cm³/mol. The molecule has 3 rings (SSSR count). The molecular formula is C21H19N3O6. The molecule has 1 aliphatic rings. The van der Waals surface area contributed by atoms with Crippen molar-refractivity contribution in [1.82, 2.24) is 9.78 Å². The van der Waals surface area contributed by atoms with Gasteiger partial charge >= 0.3 is 17.9 Å². The Hall–Kier alpha value is -4.14. The molecule has 0 N–H and O–H groups in total. The molecule has 0 aliphatic carbocycles. The molecule has 0 fully saturated rings. The van der Waals surface area contributed by atoms with Gasteiger partial charge in [-0.25, -0.2) is 19.1 Å². The van der Waals surface area contributed by atoms with E-state index in [9.17, 15) is 14.4 Å². The average Bonchev–Trinajstić information content (AvgIpc) is 3.23. The zero-order chi connectivity index (χ0) is 21.7. The smallest absolute Gasteiger partial charge is 0.355 e. The maximum absolute atomic E-state index is 12.7. The second kappa shape index (κ2) is 8.91. The molecule has 2 aromatic rings. The van der Waals surface area contributed by atoms with Crippen LogP contribution in [0.1, 0.15) is 10.4 Å². The SMILES string of the molecule is COC(=O)C1=C(C(=O)OC)N(c2cc(C(=O)OC)ccc2-n2cccn2)C=CC=C1. The largest absolute Gasteiger partial charge is 0.465 e. The summed E-state index contributed by atoms with van der Waals surface area (Å²) in [4.78, 5) is 38.7. The van der Waals surface area contributed by atoms with Gasteiger partial charge in [0.1, 0.15) is 5.70 Å². The number of carbonyl (C=O) groups excluding carboxylic acids is 3. The summed E-state index contributed by atoms with van der Waals surface area (Å²) in [6.07, 6.45) is 9.55. The number of carbonyl (C=O) groups is 3. The molecule has 1 aromatic carbocycles. The van der Waals surface area contributed by atoms with Crippen LogP contribution in [0.25, 0.3) is 5.69 Å². The number of allylic oxidation sites excluding steroid dienone is 2. The van der Waals surface area contributed by atoms with Crippen molar-refractivity contribution in [2.24, 2.45) is 0 Å². The lowest BCUT2D eigenvalue weighted by molar-refractivity contribution is -0.139. The summed E-state index contributed by atoms with van der Waals surface area (Å²) >= 11 is 0. The van der Waals surface area contributed by atoms with E-state index < -0.39 is 17.9 Å². The van der Waals surface area contributed by atoms with E-state index in [0.717, 1.165) is 0 Å². The normalized spacial score (nSPS) is 13.1. The van der Waals surface area contributed by atoms with E-state index in [0.29, 0.717) is 11.4 Å². The second-order valence-electron chi connectivity index (χ2n) is 5.96. The zero-order valence-electron chi connectivity index (χ0n) is 16.6. The highest BCUT2D eigenvalue weighted by Crippen LogP contribution is 2.32. The molecule has 0 amide bonds. The van der Waals surface area contributed by atoms with Gasteiger partial charge in [0.25, 0.3) is 0 Å². The van der Waals surface area contributed by atoms with Crippen molar-refractivity contribution in [2.75, 3.05) is 26.2 Å². The highest BCUT2D eigenvalue weighted by molar-refractivity contribution is 6.06. The molecule has 0 saturated carbocycles. The van der Waals surface area contributed by atoms with Crippen molar-refractivity contribution < 1.29 is 28.6 Å². The number of hydrogen-bond acceptors (Lipinski definition) is 8. The Bertz CT molecular complexity index is 1070. The van der Waals surface area contributed by atoms with Crippen molar-refractivity contribution in [3.8, 4) is 5.69 Å².